The van der Waals surface area contributed by atoms with Gasteiger partial charge in [0.1, 0.15) is 6.54 Å². The van der Waals surface area contributed by atoms with E-state index in [1.165, 1.54) is 0 Å². The van der Waals surface area contributed by atoms with E-state index >= 15 is 0 Å². The van der Waals surface area contributed by atoms with E-state index < -0.39 is 17.1 Å². The Balaban J connectivity index is 1.54. The summed E-state index contributed by atoms with van der Waals surface area (Å²) in [6, 6.07) is 10.6. The van der Waals surface area contributed by atoms with Crippen LogP contribution in [0, 0.1) is 0 Å². The number of hydrogen-bond acceptors (Lipinski definition) is 5. The van der Waals surface area contributed by atoms with Gasteiger partial charge in [-0.3, -0.25) is 19.3 Å². The van der Waals surface area contributed by atoms with Crippen LogP contribution in [0.1, 0.15) is 44.2 Å². The first-order valence-corrected chi connectivity index (χ1v) is 12.4. The van der Waals surface area contributed by atoms with Crippen LogP contribution in [0.3, 0.4) is 0 Å². The number of carbonyl (C=O) groups excluding carboxylic acids is 3. The van der Waals surface area contributed by atoms with E-state index in [2.05, 4.69) is 38.0 Å². The van der Waals surface area contributed by atoms with Gasteiger partial charge in [-0.15, -0.1) is 0 Å². The number of rotatable bonds is 4. The summed E-state index contributed by atoms with van der Waals surface area (Å²) in [4.78, 5) is 41.2. The molecule has 34 heavy (non-hydrogen) atoms. The third-order valence-corrected chi connectivity index (χ3v) is 7.79. The van der Waals surface area contributed by atoms with Gasteiger partial charge in [-0.25, -0.2) is 0 Å². The van der Waals surface area contributed by atoms with E-state index in [0.29, 0.717) is 27.2 Å². The Morgan fingerprint density at radius 1 is 1.24 bits per heavy atom. The molecule has 6 nitrogen and oxygen atoms in total. The summed E-state index contributed by atoms with van der Waals surface area (Å²) in [5.41, 5.74) is 3.39. The fourth-order valence-corrected chi connectivity index (χ4v) is 5.63. The normalized spacial score (nSPS) is 20.6. The van der Waals surface area contributed by atoms with E-state index in [9.17, 15) is 14.4 Å². The Hall–Kier alpha value is -2.48. The molecule has 0 bridgehead atoms. The van der Waals surface area contributed by atoms with Crippen molar-refractivity contribution in [1.29, 1.82) is 0 Å². The molecule has 2 aliphatic heterocycles. The molecule has 0 spiro atoms. The molecule has 178 valence electrons. The second-order valence-corrected chi connectivity index (χ2v) is 11.1. The van der Waals surface area contributed by atoms with Gasteiger partial charge in [0.15, 0.2) is 0 Å². The number of hydrogen-bond donors (Lipinski definition) is 1. The van der Waals surface area contributed by atoms with Gasteiger partial charge in [0, 0.05) is 34.0 Å². The van der Waals surface area contributed by atoms with Crippen LogP contribution >= 0.6 is 35.0 Å². The van der Waals surface area contributed by atoms with Crippen LogP contribution in [0.2, 0.25) is 10.0 Å². The fourth-order valence-electron chi connectivity index (χ4n) is 4.40. The Labute approximate surface area is 213 Å². The van der Waals surface area contributed by atoms with E-state index in [0.717, 1.165) is 34.3 Å². The summed E-state index contributed by atoms with van der Waals surface area (Å²) in [7, 11) is 2.06. The lowest BCUT2D eigenvalue weighted by atomic mass is 9.80. The van der Waals surface area contributed by atoms with Crippen molar-refractivity contribution < 1.29 is 14.4 Å². The molecule has 2 aliphatic rings. The maximum atomic E-state index is 12.9. The van der Waals surface area contributed by atoms with Crippen LogP contribution in [-0.2, 0) is 9.59 Å². The minimum Gasteiger partial charge on any atom is -0.369 e. The Kier molecular flexibility index (Phi) is 6.73. The lowest BCUT2D eigenvalue weighted by Crippen LogP contribution is -2.45. The molecule has 2 aromatic carbocycles. The topological polar surface area (TPSA) is 69.7 Å². The zero-order valence-corrected chi connectivity index (χ0v) is 21.6. The highest BCUT2D eigenvalue weighted by molar-refractivity contribution is 8.18. The van der Waals surface area contributed by atoms with Gasteiger partial charge in [-0.2, -0.15) is 0 Å². The zero-order valence-electron chi connectivity index (χ0n) is 19.3. The molecule has 0 radical (unpaired) electrons. The molecule has 1 atom stereocenters. The number of carbonyl (C=O) groups is 3. The van der Waals surface area contributed by atoms with Gasteiger partial charge in [0.25, 0.3) is 11.1 Å². The quantitative estimate of drug-likeness (QED) is 0.475. The van der Waals surface area contributed by atoms with Crippen LogP contribution < -0.4 is 10.2 Å². The second-order valence-electron chi connectivity index (χ2n) is 9.24. The van der Waals surface area contributed by atoms with Gasteiger partial charge in [-0.1, -0.05) is 36.2 Å². The number of imide groups is 1. The van der Waals surface area contributed by atoms with E-state index in [1.54, 1.807) is 30.3 Å². The third-order valence-electron chi connectivity index (χ3n) is 6.32. The highest BCUT2D eigenvalue weighted by atomic mass is 35.5. The van der Waals surface area contributed by atoms with E-state index in [1.807, 2.05) is 12.1 Å². The molecule has 1 saturated heterocycles. The van der Waals surface area contributed by atoms with Gasteiger partial charge in [0.05, 0.1) is 4.91 Å². The van der Waals surface area contributed by atoms with Crippen molar-refractivity contribution in [3.8, 4) is 0 Å². The molecule has 1 N–H and O–H groups in total. The van der Waals surface area contributed by atoms with Crippen LogP contribution in [0.4, 0.5) is 16.2 Å². The molecular weight excluding hydrogens is 493 g/mol. The maximum Gasteiger partial charge on any atom is 0.294 e. The number of fused-ring (bicyclic) bond motifs is 1. The number of nitrogens with one attached hydrogen (secondary N) is 1. The van der Waals surface area contributed by atoms with Crippen molar-refractivity contribution in [3.63, 3.8) is 0 Å². The predicted octanol–water partition coefficient (Wildman–Crippen LogP) is 6.39. The van der Waals surface area contributed by atoms with Gasteiger partial charge >= 0.3 is 0 Å². The molecule has 0 aliphatic carbocycles. The van der Waals surface area contributed by atoms with Gasteiger partial charge in [-0.05, 0) is 85.5 Å². The number of halogens is 2. The summed E-state index contributed by atoms with van der Waals surface area (Å²) < 4.78 is 0. The fraction of sp³-hybridized carbons (Fsp3) is 0.320. The molecule has 1 fully saturated rings. The predicted molar refractivity (Wildman–Crippen MR) is 140 cm³/mol. The monoisotopic (exact) mass is 517 g/mol. The number of amides is 3. The first-order chi connectivity index (χ1) is 16.0. The average molecular weight is 518 g/mol. The average Bonchev–Trinajstić information content (AvgIpc) is 3.00. The number of thioether (sulfide) groups is 1. The minimum atomic E-state index is -0.517. The van der Waals surface area contributed by atoms with Crippen LogP contribution in [-0.4, -0.2) is 41.1 Å². The minimum absolute atomic E-state index is 0.00553. The van der Waals surface area contributed by atoms with Crippen molar-refractivity contribution in [2.75, 3.05) is 23.8 Å². The number of nitrogens with zero attached hydrogens (tertiary/aromatic N) is 2. The SMILES string of the molecule is C[C@H]1CC(C)(C)N(C)c2cc(Cl)c(/C=C3\SC(=O)N(CC(=O)Nc4cccc(Cl)c4)C3=O)cc21. The smallest absolute Gasteiger partial charge is 0.294 e. The van der Waals surface area contributed by atoms with E-state index in [4.69, 9.17) is 23.2 Å². The molecule has 4 rings (SSSR count). The standard InChI is InChI=1S/C25H25Cl2N3O3S/c1-14-12-25(2,3)29(4)20-11-19(27)15(8-18(14)20)9-21-23(32)30(24(33)34-21)13-22(31)28-17-7-5-6-16(26)10-17/h5-11,14H,12-13H2,1-4H3,(H,28,31)/b21-9-/t14-/m0/s1. The largest absolute Gasteiger partial charge is 0.369 e. The molecule has 0 saturated carbocycles. The first kappa shape index (κ1) is 24.6. The van der Waals surface area contributed by atoms with Gasteiger partial charge in [0.2, 0.25) is 5.91 Å². The van der Waals surface area contributed by atoms with Crippen molar-refractivity contribution >= 4 is 69.5 Å². The van der Waals surface area contributed by atoms with Crippen molar-refractivity contribution in [3.05, 3.63) is 62.5 Å². The Bertz CT molecular complexity index is 1230. The molecule has 3 amide bonds. The highest BCUT2D eigenvalue weighted by Crippen LogP contribution is 2.45. The molecular formula is C25H25Cl2N3O3S. The van der Waals surface area contributed by atoms with Crippen LogP contribution in [0.5, 0.6) is 0 Å². The summed E-state index contributed by atoms with van der Waals surface area (Å²) in [5.74, 6) is -0.690. The number of anilines is 2. The Morgan fingerprint density at radius 2 is 1.97 bits per heavy atom. The highest BCUT2D eigenvalue weighted by Gasteiger charge is 2.37. The summed E-state index contributed by atoms with van der Waals surface area (Å²) in [6.45, 7) is 6.20. The lowest BCUT2D eigenvalue weighted by Gasteiger charge is -2.45. The zero-order chi connectivity index (χ0) is 24.8. The van der Waals surface area contributed by atoms with Crippen LogP contribution in [0.15, 0.2) is 41.3 Å². The van der Waals surface area contributed by atoms with E-state index in [-0.39, 0.29) is 17.0 Å². The van der Waals surface area contributed by atoms with Crippen LogP contribution in [0.25, 0.3) is 6.08 Å². The van der Waals surface area contributed by atoms with Crippen molar-refractivity contribution in [2.24, 2.45) is 0 Å². The van der Waals surface area contributed by atoms with Crippen molar-refractivity contribution in [1.82, 2.24) is 4.90 Å². The molecule has 9 heteroatoms. The lowest BCUT2D eigenvalue weighted by molar-refractivity contribution is -0.127. The Morgan fingerprint density at radius 3 is 2.68 bits per heavy atom. The molecule has 2 aromatic rings. The van der Waals surface area contributed by atoms with Gasteiger partial charge < -0.3 is 10.2 Å². The second kappa shape index (κ2) is 9.29. The maximum absolute atomic E-state index is 12.9. The summed E-state index contributed by atoms with van der Waals surface area (Å²) in [6.07, 6.45) is 2.62. The summed E-state index contributed by atoms with van der Waals surface area (Å²) >= 11 is 13.3. The molecule has 0 aromatic heterocycles. The third kappa shape index (κ3) is 4.83. The van der Waals surface area contributed by atoms with Crippen molar-refractivity contribution in [2.45, 2.75) is 38.6 Å². The molecule has 0 unspecified atom stereocenters. The summed E-state index contributed by atoms with van der Waals surface area (Å²) in [5, 5.41) is 3.12. The first-order valence-electron chi connectivity index (χ1n) is 10.8. The number of benzene rings is 2. The molecule has 2 heterocycles.